The SMILES string of the molecule is C=CC=CC[C@@H](C)[C@@H](O)[C@H]1C(=O)N[C@@H](CC)C(=O)N(C)CC(=O)N(C)[C@@H](CC(C)C)C(=O)N[C@@H](C(C)C)C(=O)N(C)[C@@H](CC(C)C)C(=O)N[C@@H](C)C(=O)N[C@H](C)C(=O)N(C)[C@@H](CC(C)C)C(C)N(C)[C@@H](CC(C)C)C(=O)N(C)[C@@H](C(C)C)C(=O)N1C. The number of aliphatic hydroxyl groups is 1. The zero-order valence-electron chi connectivity index (χ0n) is 57.0. The summed E-state index contributed by atoms with van der Waals surface area (Å²) in [6.07, 6.45) is 5.09. The van der Waals surface area contributed by atoms with E-state index in [1.54, 1.807) is 85.7 Å². The third-order valence-electron chi connectivity index (χ3n) is 16.8. The number of hydrogen-bond donors (Lipinski definition) is 5. The van der Waals surface area contributed by atoms with Gasteiger partial charge in [0.1, 0.15) is 48.3 Å². The minimum Gasteiger partial charge on any atom is -0.390 e. The molecular formula is C64H115N11O11. The first-order valence-electron chi connectivity index (χ1n) is 31.2. The molecule has 1 saturated heterocycles. The van der Waals surface area contributed by atoms with Crippen LogP contribution >= 0.6 is 0 Å². The molecule has 1 unspecified atom stereocenters. The van der Waals surface area contributed by atoms with E-state index in [0.717, 1.165) is 9.80 Å². The average molecular weight is 1210 g/mol. The van der Waals surface area contributed by atoms with Gasteiger partial charge >= 0.3 is 0 Å². The monoisotopic (exact) mass is 1210 g/mol. The van der Waals surface area contributed by atoms with E-state index >= 15 is 9.59 Å². The molecule has 22 nitrogen and oxygen atoms in total. The predicted octanol–water partition coefficient (Wildman–Crippen LogP) is 4.30. The molecule has 86 heavy (non-hydrogen) atoms. The van der Waals surface area contributed by atoms with Crippen molar-refractivity contribution in [3.63, 3.8) is 0 Å². The van der Waals surface area contributed by atoms with Crippen molar-refractivity contribution in [2.24, 2.45) is 41.4 Å². The zero-order valence-corrected chi connectivity index (χ0v) is 57.0. The van der Waals surface area contributed by atoms with Gasteiger partial charge < -0.3 is 55.8 Å². The Morgan fingerprint density at radius 1 is 0.512 bits per heavy atom. The van der Waals surface area contributed by atoms with Crippen LogP contribution in [0.4, 0.5) is 0 Å². The molecule has 0 aromatic carbocycles. The fourth-order valence-corrected chi connectivity index (χ4v) is 11.2. The summed E-state index contributed by atoms with van der Waals surface area (Å²) >= 11 is 0. The minimum absolute atomic E-state index is 0.0153. The molecule has 492 valence electrons. The fraction of sp³-hybridized carbons (Fsp3) is 0.781. The van der Waals surface area contributed by atoms with Gasteiger partial charge in [-0.3, -0.25) is 52.8 Å². The minimum atomic E-state index is -1.58. The van der Waals surface area contributed by atoms with Crippen LogP contribution in [0.3, 0.4) is 0 Å². The number of likely N-dealkylation sites (N-methyl/N-ethyl adjacent to an activating group) is 7. The molecule has 1 aliphatic heterocycles. The van der Waals surface area contributed by atoms with Gasteiger partial charge in [0.2, 0.25) is 59.1 Å². The molecule has 22 heteroatoms. The molecule has 1 fully saturated rings. The maximum Gasteiger partial charge on any atom is 0.246 e. The van der Waals surface area contributed by atoms with Crippen molar-refractivity contribution in [2.75, 3.05) is 55.9 Å². The Morgan fingerprint density at radius 2 is 0.988 bits per heavy atom. The van der Waals surface area contributed by atoms with E-state index in [9.17, 15) is 43.5 Å². The number of hydrogen-bond acceptors (Lipinski definition) is 12. The maximum absolute atomic E-state index is 15.3. The number of carbonyl (C=O) groups is 10. The van der Waals surface area contributed by atoms with Crippen molar-refractivity contribution < 1.29 is 53.1 Å². The third kappa shape index (κ3) is 22.1. The standard InChI is InChI=1S/C64H115N11O11/c1-26-28-29-30-42(15)55(77)54-59(81)67-46(27-2)61(83)69(19)35-51(76)71(21)48(32-37(5)6)58(80)68-52(40(11)12)63(85)73(23)49(33-38(7)8)57(79)65-43(16)56(78)66-44(17)60(82)72(22)47(31-36(3)4)45(18)70(20)50(34-39(9)10)62(84)74(24)53(41(13)14)64(86)75(54)25/h26,28-29,36-50,52-55,77H,1,27,30-35H2,2-25H3,(H,65,79)(H,66,78)(H,67,81)(H,68,80)/t42-,43+,44-,45?,46+,47+,48+,49+,50+,52+,53+,54+,55-/m1/s1. The third-order valence-corrected chi connectivity index (χ3v) is 16.8. The largest absolute Gasteiger partial charge is 0.390 e. The highest BCUT2D eigenvalue weighted by molar-refractivity contribution is 5.98. The lowest BCUT2D eigenvalue weighted by molar-refractivity contribution is -0.155. The highest BCUT2D eigenvalue weighted by Crippen LogP contribution is 2.27. The Labute approximate surface area is 516 Å². The van der Waals surface area contributed by atoms with E-state index < -0.39 is 156 Å². The Hall–Kier alpha value is -5.90. The Balaban J connectivity index is 4.33. The number of nitrogens with zero attached hydrogens (tertiary/aromatic N) is 7. The van der Waals surface area contributed by atoms with Gasteiger partial charge in [-0.05, 0) is 108 Å². The molecular weight excluding hydrogens is 1100 g/mol. The average Bonchev–Trinajstić information content (AvgIpc) is 3.63. The van der Waals surface area contributed by atoms with Gasteiger partial charge in [-0.1, -0.05) is 122 Å². The maximum atomic E-state index is 15.3. The topological polar surface area (TPSA) is 262 Å². The second-order valence-corrected chi connectivity index (χ2v) is 26.7. The number of aliphatic hydroxyl groups excluding tert-OH is 1. The van der Waals surface area contributed by atoms with Crippen LogP contribution in [0, 0.1) is 41.4 Å². The number of allylic oxidation sites excluding steroid dienone is 3. The zero-order chi connectivity index (χ0) is 66.7. The first-order chi connectivity index (χ1) is 39.7. The lowest BCUT2D eigenvalue weighted by Crippen LogP contribution is -2.63. The van der Waals surface area contributed by atoms with Crippen LogP contribution in [0.25, 0.3) is 0 Å². The summed E-state index contributed by atoms with van der Waals surface area (Å²) in [4.78, 5) is 156. The molecule has 0 radical (unpaired) electrons. The van der Waals surface area contributed by atoms with Crippen molar-refractivity contribution in [3.05, 3.63) is 24.8 Å². The van der Waals surface area contributed by atoms with E-state index in [1.807, 2.05) is 74.3 Å². The van der Waals surface area contributed by atoms with Crippen LogP contribution in [0.1, 0.15) is 156 Å². The lowest BCUT2D eigenvalue weighted by atomic mass is 9.91. The number of nitrogens with one attached hydrogen (secondary N) is 4. The van der Waals surface area contributed by atoms with Crippen molar-refractivity contribution in [3.8, 4) is 0 Å². The second-order valence-electron chi connectivity index (χ2n) is 26.7. The summed E-state index contributed by atoms with van der Waals surface area (Å²) in [5, 5.41) is 23.4. The van der Waals surface area contributed by atoms with Crippen LogP contribution in [0.2, 0.25) is 0 Å². The molecule has 0 bridgehead atoms. The van der Waals surface area contributed by atoms with E-state index in [2.05, 4.69) is 27.8 Å². The van der Waals surface area contributed by atoms with Gasteiger partial charge in [0.05, 0.1) is 18.7 Å². The fourth-order valence-electron chi connectivity index (χ4n) is 11.2. The van der Waals surface area contributed by atoms with Crippen LogP contribution in [-0.2, 0) is 47.9 Å². The van der Waals surface area contributed by atoms with E-state index in [4.69, 9.17) is 0 Å². The predicted molar refractivity (Wildman–Crippen MR) is 337 cm³/mol. The van der Waals surface area contributed by atoms with Crippen molar-refractivity contribution >= 4 is 59.1 Å². The highest BCUT2D eigenvalue weighted by Gasteiger charge is 2.45. The molecule has 0 aliphatic carbocycles. The van der Waals surface area contributed by atoms with E-state index in [1.165, 1.54) is 49.8 Å². The van der Waals surface area contributed by atoms with Gasteiger partial charge in [-0.25, -0.2) is 0 Å². The summed E-state index contributed by atoms with van der Waals surface area (Å²) in [5.74, 6) is -7.93. The molecule has 10 amide bonds. The van der Waals surface area contributed by atoms with E-state index in [0.29, 0.717) is 12.8 Å². The number of carbonyl (C=O) groups excluding carboxylic acids is 10. The Bertz CT molecular complexity index is 2330. The van der Waals surface area contributed by atoms with Crippen molar-refractivity contribution in [2.45, 2.75) is 229 Å². The molecule has 1 rings (SSSR count). The molecule has 0 spiro atoms. The first-order valence-corrected chi connectivity index (χ1v) is 31.2. The summed E-state index contributed by atoms with van der Waals surface area (Å²) in [5.41, 5.74) is 0. The summed E-state index contributed by atoms with van der Waals surface area (Å²) in [6.45, 7) is 34.1. The van der Waals surface area contributed by atoms with Gasteiger partial charge in [-0.2, -0.15) is 0 Å². The van der Waals surface area contributed by atoms with Gasteiger partial charge in [-0.15, -0.1) is 0 Å². The molecule has 5 N–H and O–H groups in total. The van der Waals surface area contributed by atoms with Gasteiger partial charge in [0, 0.05) is 54.4 Å². The van der Waals surface area contributed by atoms with Gasteiger partial charge in [0.15, 0.2) is 0 Å². The molecule has 13 atom stereocenters. The van der Waals surface area contributed by atoms with E-state index in [-0.39, 0.29) is 49.4 Å². The lowest BCUT2D eigenvalue weighted by Gasteiger charge is -2.44. The number of amides is 10. The Kier molecular flexibility index (Phi) is 32.5. The summed E-state index contributed by atoms with van der Waals surface area (Å²) < 4.78 is 0. The second kappa shape index (κ2) is 35.8. The normalized spacial score (nSPS) is 27.7. The molecule has 1 heterocycles. The number of rotatable bonds is 16. The van der Waals surface area contributed by atoms with Crippen LogP contribution in [0.5, 0.6) is 0 Å². The summed E-state index contributed by atoms with van der Waals surface area (Å²) in [7, 11) is 10.7. The highest BCUT2D eigenvalue weighted by atomic mass is 16.3. The molecule has 0 saturated carbocycles. The molecule has 0 aromatic rings. The van der Waals surface area contributed by atoms with Crippen LogP contribution in [-0.4, -0.2) is 227 Å². The van der Waals surface area contributed by atoms with Crippen molar-refractivity contribution in [1.29, 1.82) is 0 Å². The van der Waals surface area contributed by atoms with Gasteiger partial charge in [0.25, 0.3) is 0 Å². The quantitative estimate of drug-likeness (QED) is 0.136. The first kappa shape index (κ1) is 78.1. The smallest absolute Gasteiger partial charge is 0.246 e. The summed E-state index contributed by atoms with van der Waals surface area (Å²) in [6, 6.07) is -11.4. The molecule has 1 aliphatic rings. The van der Waals surface area contributed by atoms with Crippen LogP contribution in [0.15, 0.2) is 24.8 Å². The Morgan fingerprint density at radius 3 is 1.47 bits per heavy atom. The molecule has 0 aromatic heterocycles. The van der Waals surface area contributed by atoms with Crippen molar-refractivity contribution in [1.82, 2.24) is 55.6 Å². The van der Waals surface area contributed by atoms with Crippen LogP contribution < -0.4 is 21.3 Å².